The third-order valence-corrected chi connectivity index (χ3v) is 4.23. The second kappa shape index (κ2) is 8.67. The van der Waals surface area contributed by atoms with Gasteiger partial charge < -0.3 is 11.1 Å². The Morgan fingerprint density at radius 2 is 2.05 bits per heavy atom. The van der Waals surface area contributed by atoms with Gasteiger partial charge in [0, 0.05) is 16.8 Å². The smallest absolute Gasteiger partial charge is 0.237 e. The van der Waals surface area contributed by atoms with Gasteiger partial charge in [0.2, 0.25) is 5.91 Å². The lowest BCUT2D eigenvalue weighted by Gasteiger charge is -2.19. The SMILES string of the molecule is CC(NC(=O)C(N)CCS(C)(=O)=O)c1c(F)cccc1Cl.Cl. The highest BCUT2D eigenvalue weighted by atomic mass is 35.5. The molecule has 22 heavy (non-hydrogen) atoms. The second-order valence-corrected chi connectivity index (χ2v) is 7.56. The molecule has 3 N–H and O–H groups in total. The maximum absolute atomic E-state index is 13.7. The molecule has 0 aliphatic rings. The zero-order valence-corrected chi connectivity index (χ0v) is 14.6. The van der Waals surface area contributed by atoms with Crippen molar-refractivity contribution in [1.29, 1.82) is 0 Å². The molecular formula is C13H19Cl2FN2O3S. The molecule has 0 aliphatic carbocycles. The van der Waals surface area contributed by atoms with Gasteiger partial charge >= 0.3 is 0 Å². The van der Waals surface area contributed by atoms with E-state index >= 15 is 0 Å². The summed E-state index contributed by atoms with van der Waals surface area (Å²) in [6, 6.07) is 2.58. The van der Waals surface area contributed by atoms with Crippen LogP contribution in [-0.2, 0) is 14.6 Å². The lowest BCUT2D eigenvalue weighted by molar-refractivity contribution is -0.123. The molecule has 0 saturated heterocycles. The molecule has 0 bridgehead atoms. The molecule has 5 nitrogen and oxygen atoms in total. The topological polar surface area (TPSA) is 89.3 Å². The molecule has 1 amide bonds. The van der Waals surface area contributed by atoms with E-state index in [2.05, 4.69) is 5.32 Å². The molecule has 0 radical (unpaired) electrons. The number of benzene rings is 1. The van der Waals surface area contributed by atoms with E-state index in [0.717, 1.165) is 6.26 Å². The fourth-order valence-electron chi connectivity index (χ4n) is 1.79. The van der Waals surface area contributed by atoms with Crippen LogP contribution in [0.15, 0.2) is 18.2 Å². The Labute approximate surface area is 140 Å². The van der Waals surface area contributed by atoms with Gasteiger partial charge in [0.05, 0.1) is 17.8 Å². The molecule has 2 atom stereocenters. The summed E-state index contributed by atoms with van der Waals surface area (Å²) in [6.07, 6.45) is 1.07. The van der Waals surface area contributed by atoms with Crippen molar-refractivity contribution in [2.75, 3.05) is 12.0 Å². The molecule has 2 unspecified atom stereocenters. The fraction of sp³-hybridized carbons (Fsp3) is 0.462. The summed E-state index contributed by atoms with van der Waals surface area (Å²) >= 11 is 5.91. The van der Waals surface area contributed by atoms with Crippen LogP contribution in [0.25, 0.3) is 0 Å². The van der Waals surface area contributed by atoms with Crippen molar-refractivity contribution in [1.82, 2.24) is 5.32 Å². The fourth-order valence-corrected chi connectivity index (χ4v) is 2.80. The van der Waals surface area contributed by atoms with Crippen molar-refractivity contribution < 1.29 is 17.6 Å². The summed E-state index contributed by atoms with van der Waals surface area (Å²) in [5, 5.41) is 2.73. The van der Waals surface area contributed by atoms with Crippen LogP contribution in [0.5, 0.6) is 0 Å². The van der Waals surface area contributed by atoms with Gasteiger partial charge in [-0.1, -0.05) is 17.7 Å². The number of carbonyl (C=O) groups is 1. The molecule has 0 fully saturated rings. The predicted octanol–water partition coefficient (Wildman–Crippen LogP) is 1.84. The minimum absolute atomic E-state index is 0. The van der Waals surface area contributed by atoms with Gasteiger partial charge in [0.15, 0.2) is 0 Å². The van der Waals surface area contributed by atoms with Crippen LogP contribution >= 0.6 is 24.0 Å². The summed E-state index contributed by atoms with van der Waals surface area (Å²) in [4.78, 5) is 11.9. The number of sulfone groups is 1. The number of halogens is 3. The van der Waals surface area contributed by atoms with Gasteiger partial charge in [-0.05, 0) is 25.5 Å². The number of nitrogens with one attached hydrogen (secondary N) is 1. The Morgan fingerprint density at radius 1 is 1.45 bits per heavy atom. The number of nitrogens with two attached hydrogens (primary N) is 1. The minimum atomic E-state index is -3.19. The lowest BCUT2D eigenvalue weighted by atomic mass is 10.1. The maximum atomic E-state index is 13.7. The molecule has 9 heteroatoms. The first-order chi connectivity index (χ1) is 9.61. The summed E-state index contributed by atoms with van der Waals surface area (Å²) in [5.74, 6) is -1.26. The number of hydrogen-bond acceptors (Lipinski definition) is 4. The number of rotatable bonds is 6. The molecule has 0 saturated carbocycles. The molecule has 126 valence electrons. The quantitative estimate of drug-likeness (QED) is 0.796. The standard InChI is InChI=1S/C13H18ClFN2O3S.ClH/c1-8(12-9(14)4-3-5-10(12)15)17-13(18)11(16)6-7-21(2,19)20;/h3-5,8,11H,6-7,16H2,1-2H3,(H,17,18);1H. The van der Waals surface area contributed by atoms with Gasteiger partial charge in [-0.25, -0.2) is 12.8 Å². The Kier molecular flexibility index (Phi) is 8.32. The van der Waals surface area contributed by atoms with Crippen LogP contribution in [0, 0.1) is 5.82 Å². The van der Waals surface area contributed by atoms with E-state index in [9.17, 15) is 17.6 Å². The van der Waals surface area contributed by atoms with Crippen molar-refractivity contribution in [3.8, 4) is 0 Å². The average Bonchev–Trinajstić information content (AvgIpc) is 2.34. The highest BCUT2D eigenvalue weighted by Gasteiger charge is 2.21. The van der Waals surface area contributed by atoms with Crippen LogP contribution in [-0.4, -0.2) is 32.4 Å². The highest BCUT2D eigenvalue weighted by molar-refractivity contribution is 7.90. The molecule has 0 heterocycles. The van der Waals surface area contributed by atoms with Crippen molar-refractivity contribution in [2.45, 2.75) is 25.4 Å². The Bertz CT molecular complexity index is 605. The van der Waals surface area contributed by atoms with Gasteiger partial charge in [0.1, 0.15) is 15.7 Å². The third-order valence-electron chi connectivity index (χ3n) is 2.93. The van der Waals surface area contributed by atoms with E-state index in [1.807, 2.05) is 0 Å². The second-order valence-electron chi connectivity index (χ2n) is 4.89. The van der Waals surface area contributed by atoms with Crippen LogP contribution < -0.4 is 11.1 Å². The number of hydrogen-bond donors (Lipinski definition) is 2. The molecule has 0 spiro atoms. The Balaban J connectivity index is 0.00000441. The first kappa shape index (κ1) is 21.1. The first-order valence-electron chi connectivity index (χ1n) is 6.29. The van der Waals surface area contributed by atoms with Gasteiger partial charge in [-0.2, -0.15) is 0 Å². The summed E-state index contributed by atoms with van der Waals surface area (Å²) < 4.78 is 35.8. The third kappa shape index (κ3) is 6.48. The van der Waals surface area contributed by atoms with Crippen LogP contribution in [0.1, 0.15) is 24.9 Å². The van der Waals surface area contributed by atoms with Crippen molar-refractivity contribution in [2.24, 2.45) is 5.73 Å². The van der Waals surface area contributed by atoms with E-state index in [1.54, 1.807) is 6.92 Å². The summed E-state index contributed by atoms with van der Waals surface area (Å²) in [7, 11) is -3.19. The zero-order chi connectivity index (χ0) is 16.2. The monoisotopic (exact) mass is 372 g/mol. The molecule has 1 aromatic rings. The Morgan fingerprint density at radius 3 is 2.55 bits per heavy atom. The maximum Gasteiger partial charge on any atom is 0.237 e. The molecule has 1 aromatic carbocycles. The van der Waals surface area contributed by atoms with E-state index in [0.29, 0.717) is 0 Å². The molecule has 1 rings (SSSR count). The van der Waals surface area contributed by atoms with Crippen LogP contribution in [0.2, 0.25) is 5.02 Å². The van der Waals surface area contributed by atoms with E-state index < -0.39 is 33.6 Å². The number of carbonyl (C=O) groups excluding carboxylic acids is 1. The van der Waals surface area contributed by atoms with E-state index in [4.69, 9.17) is 17.3 Å². The van der Waals surface area contributed by atoms with E-state index in [1.165, 1.54) is 18.2 Å². The lowest BCUT2D eigenvalue weighted by Crippen LogP contribution is -2.42. The van der Waals surface area contributed by atoms with Gasteiger partial charge in [-0.3, -0.25) is 4.79 Å². The summed E-state index contributed by atoms with van der Waals surface area (Å²) in [6.45, 7) is 1.57. The minimum Gasteiger partial charge on any atom is -0.348 e. The first-order valence-corrected chi connectivity index (χ1v) is 8.73. The zero-order valence-electron chi connectivity index (χ0n) is 12.2. The van der Waals surface area contributed by atoms with Crippen molar-refractivity contribution in [3.63, 3.8) is 0 Å². The average molecular weight is 373 g/mol. The van der Waals surface area contributed by atoms with Crippen molar-refractivity contribution >= 4 is 39.8 Å². The number of amides is 1. The van der Waals surface area contributed by atoms with Crippen LogP contribution in [0.3, 0.4) is 0 Å². The largest absolute Gasteiger partial charge is 0.348 e. The van der Waals surface area contributed by atoms with Gasteiger partial charge in [-0.15, -0.1) is 12.4 Å². The molecule has 0 aliphatic heterocycles. The summed E-state index contributed by atoms with van der Waals surface area (Å²) in [5.41, 5.74) is 5.79. The Hall–Kier alpha value is -0.890. The molecular weight excluding hydrogens is 354 g/mol. The predicted molar refractivity (Wildman–Crippen MR) is 87.5 cm³/mol. The van der Waals surface area contributed by atoms with E-state index in [-0.39, 0.29) is 35.2 Å². The molecule has 0 aromatic heterocycles. The van der Waals surface area contributed by atoms with Crippen LogP contribution in [0.4, 0.5) is 4.39 Å². The highest BCUT2D eigenvalue weighted by Crippen LogP contribution is 2.25. The van der Waals surface area contributed by atoms with Crippen molar-refractivity contribution in [3.05, 3.63) is 34.6 Å². The van der Waals surface area contributed by atoms with Gasteiger partial charge in [0.25, 0.3) is 0 Å². The normalized spacial score (nSPS) is 13.9.